The van der Waals surface area contributed by atoms with E-state index in [1.165, 1.54) is 40.7 Å². The zero-order chi connectivity index (χ0) is 21.0. The summed E-state index contributed by atoms with van der Waals surface area (Å²) in [5, 5.41) is 11.7. The number of carbonyl (C=O) groups excluding carboxylic acids is 1. The molecule has 0 saturated carbocycles. The molecule has 1 heterocycles. The lowest BCUT2D eigenvalue weighted by Gasteiger charge is -2.30. The van der Waals surface area contributed by atoms with E-state index < -0.39 is 28.4 Å². The van der Waals surface area contributed by atoms with Crippen molar-refractivity contribution < 1.29 is 27.1 Å². The molecule has 29 heavy (non-hydrogen) atoms. The molecule has 0 unspecified atom stereocenters. The van der Waals surface area contributed by atoms with Gasteiger partial charge in [-0.3, -0.25) is 4.79 Å². The number of aliphatic hydroxyl groups is 1. The fourth-order valence-corrected chi connectivity index (χ4v) is 4.75. The van der Waals surface area contributed by atoms with Crippen LogP contribution in [0.25, 0.3) is 0 Å². The Kier molecular flexibility index (Phi) is 6.61. The fraction of sp³-hybridized carbons (Fsp3) is 0.350. The summed E-state index contributed by atoms with van der Waals surface area (Å²) in [6.07, 6.45) is 1.16. The van der Waals surface area contributed by atoms with Gasteiger partial charge in [0.05, 0.1) is 4.90 Å². The van der Waals surface area contributed by atoms with Gasteiger partial charge in [0, 0.05) is 36.5 Å². The van der Waals surface area contributed by atoms with Gasteiger partial charge >= 0.3 is 0 Å². The topological polar surface area (TPSA) is 86.7 Å². The van der Waals surface area contributed by atoms with Crippen molar-refractivity contribution in [2.75, 3.05) is 25.0 Å². The Balaban J connectivity index is 1.77. The second-order valence-electron chi connectivity index (χ2n) is 6.95. The van der Waals surface area contributed by atoms with Gasteiger partial charge in [-0.05, 0) is 55.2 Å². The summed E-state index contributed by atoms with van der Waals surface area (Å²) in [6.45, 7) is -0.343. The smallest absolute Gasteiger partial charge is 0.255 e. The number of hydrogen-bond donors (Lipinski definition) is 2. The van der Waals surface area contributed by atoms with Crippen LogP contribution in [0.15, 0.2) is 47.4 Å². The third-order valence-electron chi connectivity index (χ3n) is 5.01. The Morgan fingerprint density at radius 3 is 2.55 bits per heavy atom. The monoisotopic (exact) mass is 424 g/mol. The van der Waals surface area contributed by atoms with Gasteiger partial charge in [-0.15, -0.1) is 0 Å². The normalized spacial score (nSPS) is 16.0. The molecule has 156 valence electrons. The van der Waals surface area contributed by atoms with E-state index in [9.17, 15) is 27.1 Å². The van der Waals surface area contributed by atoms with Crippen LogP contribution in [-0.4, -0.2) is 43.4 Å². The quantitative estimate of drug-likeness (QED) is 0.747. The molecule has 0 spiro atoms. The average molecular weight is 424 g/mol. The van der Waals surface area contributed by atoms with Gasteiger partial charge in [0.1, 0.15) is 12.5 Å². The van der Waals surface area contributed by atoms with Crippen molar-refractivity contribution in [3.05, 3.63) is 59.4 Å². The van der Waals surface area contributed by atoms with Crippen LogP contribution in [0.1, 0.15) is 28.8 Å². The number of sulfonamides is 1. The highest BCUT2D eigenvalue weighted by molar-refractivity contribution is 7.89. The summed E-state index contributed by atoms with van der Waals surface area (Å²) in [6, 6.07) is 9.19. The van der Waals surface area contributed by atoms with E-state index in [2.05, 4.69) is 5.32 Å². The van der Waals surface area contributed by atoms with Crippen LogP contribution in [0.2, 0.25) is 0 Å². The Hall–Kier alpha value is -2.36. The maximum atomic E-state index is 13.4. The second kappa shape index (κ2) is 8.98. The molecule has 2 aromatic rings. The lowest BCUT2D eigenvalue weighted by molar-refractivity contribution is 0.102. The summed E-state index contributed by atoms with van der Waals surface area (Å²) in [5.74, 6) is -1.19. The second-order valence-corrected chi connectivity index (χ2v) is 8.89. The molecular formula is C20H22F2N2O4S. The number of aliphatic hydroxyl groups excluding tert-OH is 1. The molecule has 0 aliphatic carbocycles. The maximum absolute atomic E-state index is 13.4. The number of alkyl halides is 1. The molecule has 1 aliphatic rings. The van der Waals surface area contributed by atoms with Crippen LogP contribution < -0.4 is 5.32 Å². The number of anilines is 1. The number of carbonyl (C=O) groups is 1. The zero-order valence-corrected chi connectivity index (χ0v) is 16.5. The summed E-state index contributed by atoms with van der Waals surface area (Å²) in [4.78, 5) is 12.5. The minimum Gasteiger partial charge on any atom is -0.396 e. The molecule has 6 nitrogen and oxygen atoms in total. The van der Waals surface area contributed by atoms with Crippen LogP contribution in [0.5, 0.6) is 0 Å². The predicted octanol–water partition coefficient (Wildman–Crippen LogP) is 2.94. The van der Waals surface area contributed by atoms with Crippen LogP contribution >= 0.6 is 0 Å². The fourth-order valence-electron chi connectivity index (χ4n) is 3.24. The van der Waals surface area contributed by atoms with Gasteiger partial charge in [0.2, 0.25) is 10.0 Å². The number of halogens is 2. The molecular weight excluding hydrogens is 402 g/mol. The number of amides is 1. The van der Waals surface area contributed by atoms with Crippen LogP contribution in [0.3, 0.4) is 0 Å². The van der Waals surface area contributed by atoms with Crippen molar-refractivity contribution in [2.24, 2.45) is 5.92 Å². The number of benzene rings is 2. The number of rotatable bonds is 6. The van der Waals surface area contributed by atoms with Crippen molar-refractivity contribution in [3.8, 4) is 0 Å². The van der Waals surface area contributed by atoms with E-state index >= 15 is 0 Å². The minimum atomic E-state index is -3.77. The Bertz CT molecular complexity index is 990. The molecule has 9 heteroatoms. The molecule has 1 amide bonds. The molecule has 0 bridgehead atoms. The zero-order valence-electron chi connectivity index (χ0n) is 15.6. The predicted molar refractivity (Wildman–Crippen MR) is 104 cm³/mol. The molecule has 3 rings (SSSR count). The van der Waals surface area contributed by atoms with Crippen molar-refractivity contribution in [1.82, 2.24) is 4.31 Å². The highest BCUT2D eigenvalue weighted by atomic mass is 32.2. The van der Waals surface area contributed by atoms with E-state index in [1.807, 2.05) is 0 Å². The third kappa shape index (κ3) is 4.80. The van der Waals surface area contributed by atoms with Crippen LogP contribution in [0, 0.1) is 11.7 Å². The van der Waals surface area contributed by atoms with Gasteiger partial charge in [-0.25, -0.2) is 17.2 Å². The Morgan fingerprint density at radius 2 is 1.90 bits per heavy atom. The first-order valence-electron chi connectivity index (χ1n) is 9.22. The average Bonchev–Trinajstić information content (AvgIpc) is 2.75. The highest BCUT2D eigenvalue weighted by Crippen LogP contribution is 2.24. The summed E-state index contributed by atoms with van der Waals surface area (Å²) >= 11 is 0. The molecule has 1 fully saturated rings. The number of hydrogen-bond acceptors (Lipinski definition) is 4. The van der Waals surface area contributed by atoms with Gasteiger partial charge in [0.15, 0.2) is 0 Å². The van der Waals surface area contributed by atoms with Crippen molar-refractivity contribution >= 4 is 21.6 Å². The molecule has 1 aliphatic heterocycles. The minimum absolute atomic E-state index is 0.00356. The number of nitrogens with zero attached hydrogens (tertiary/aromatic N) is 1. The van der Waals surface area contributed by atoms with Gasteiger partial charge in [-0.1, -0.05) is 6.07 Å². The van der Waals surface area contributed by atoms with Gasteiger partial charge in [-0.2, -0.15) is 4.31 Å². The van der Waals surface area contributed by atoms with E-state index in [0.717, 1.165) is 6.07 Å². The number of nitrogens with one attached hydrogen (secondary N) is 1. The molecule has 1 saturated heterocycles. The molecule has 2 aromatic carbocycles. The lowest BCUT2D eigenvalue weighted by Crippen LogP contribution is -2.39. The first kappa shape index (κ1) is 21.4. The standard InChI is InChI=1S/C20H22F2N2O4S/c21-12-16-10-17(4-5-19(16)22)23-20(26)15-2-1-3-18(11-15)29(27,28)24-8-6-14(13-25)7-9-24/h1-5,10-11,14,25H,6-9,12-13H2,(H,23,26). The van der Waals surface area contributed by atoms with Crippen molar-refractivity contribution in [1.29, 1.82) is 0 Å². The van der Waals surface area contributed by atoms with Crippen molar-refractivity contribution in [3.63, 3.8) is 0 Å². The molecule has 0 radical (unpaired) electrons. The van der Waals surface area contributed by atoms with Crippen LogP contribution in [0.4, 0.5) is 14.5 Å². The summed E-state index contributed by atoms with van der Waals surface area (Å²) in [5.41, 5.74) is 0.149. The SMILES string of the molecule is O=C(Nc1ccc(F)c(CF)c1)c1cccc(S(=O)(=O)N2CCC(CO)CC2)c1. The van der Waals surface area contributed by atoms with Crippen molar-refractivity contribution in [2.45, 2.75) is 24.4 Å². The summed E-state index contributed by atoms with van der Waals surface area (Å²) in [7, 11) is -3.77. The largest absolute Gasteiger partial charge is 0.396 e. The van der Waals surface area contributed by atoms with Gasteiger partial charge < -0.3 is 10.4 Å². The first-order valence-corrected chi connectivity index (χ1v) is 10.7. The van der Waals surface area contributed by atoms with E-state index in [-0.39, 0.29) is 34.2 Å². The molecule has 2 N–H and O–H groups in total. The highest BCUT2D eigenvalue weighted by Gasteiger charge is 2.29. The molecule has 0 aromatic heterocycles. The van der Waals surface area contributed by atoms with E-state index in [0.29, 0.717) is 25.9 Å². The van der Waals surface area contributed by atoms with Crippen LogP contribution in [-0.2, 0) is 16.7 Å². The Morgan fingerprint density at radius 1 is 1.17 bits per heavy atom. The summed E-state index contributed by atoms with van der Waals surface area (Å²) < 4.78 is 53.3. The molecule has 0 atom stereocenters. The third-order valence-corrected chi connectivity index (χ3v) is 6.91. The van der Waals surface area contributed by atoms with Gasteiger partial charge in [0.25, 0.3) is 5.91 Å². The maximum Gasteiger partial charge on any atom is 0.255 e. The van der Waals surface area contributed by atoms with E-state index in [4.69, 9.17) is 0 Å². The Labute approximate surface area is 168 Å². The van der Waals surface area contributed by atoms with E-state index in [1.54, 1.807) is 0 Å². The number of piperidine rings is 1. The first-order chi connectivity index (χ1) is 13.8. The lowest BCUT2D eigenvalue weighted by atomic mass is 10.00.